The van der Waals surface area contributed by atoms with Gasteiger partial charge in [0.15, 0.2) is 0 Å². The van der Waals surface area contributed by atoms with Crippen molar-refractivity contribution in [2.24, 2.45) is 0 Å². The third kappa shape index (κ3) is 12.6. The van der Waals surface area contributed by atoms with Crippen LogP contribution in [-0.4, -0.2) is 39.3 Å². The van der Waals surface area contributed by atoms with E-state index >= 15 is 0 Å². The fraction of sp³-hybridized carbons (Fsp3) is 0.390. The van der Waals surface area contributed by atoms with Gasteiger partial charge in [-0.15, -0.1) is 0 Å². The van der Waals surface area contributed by atoms with Crippen LogP contribution < -0.4 is 16.0 Å². The van der Waals surface area contributed by atoms with Crippen molar-refractivity contribution < 1.29 is 4.79 Å². The van der Waals surface area contributed by atoms with Gasteiger partial charge in [-0.2, -0.15) is 0 Å². The lowest BCUT2D eigenvalue weighted by Gasteiger charge is -2.25. The van der Waals surface area contributed by atoms with E-state index in [1.807, 2.05) is 78.2 Å². The standard InChI is InChI=1S/C25H27NO.C14H24B2N2.C2H6/c1-7-21(14-15-22-16-20(17-27)13-12-18(22)2)24-11-9-8-10-23(24)19(3)26-25(4,5)6;1-15-6-8-16(9-7-15)11-12-4-5-13(17-2)10-14(12)18-3;1-2/h7-13,16-17,26H,3H2,1-2,4-6H3;4-5,10,17-18H,6-9,11H2,1-3H3;1-2H3/b21-7-;;. The Morgan fingerprint density at radius 1 is 0.936 bits per heavy atom. The van der Waals surface area contributed by atoms with Gasteiger partial charge in [0.05, 0.1) is 0 Å². The highest BCUT2D eigenvalue weighted by Gasteiger charge is 2.24. The minimum absolute atomic E-state index is 0.0711. The molecule has 0 bridgehead atoms. The Morgan fingerprint density at radius 2 is 1.60 bits per heavy atom. The zero-order chi connectivity index (χ0) is 35.0. The molecule has 1 heterocycles. The van der Waals surface area contributed by atoms with Crippen LogP contribution in [0.3, 0.4) is 0 Å². The third-order valence-electron chi connectivity index (χ3n) is 8.40. The Labute approximate surface area is 287 Å². The number of nitrogens with one attached hydrogen (secondary N) is 3. The van der Waals surface area contributed by atoms with Gasteiger partial charge >= 0.3 is 0 Å². The maximum Gasteiger partial charge on any atom is 0.150 e. The number of carbonyl (C=O) groups is 1. The van der Waals surface area contributed by atoms with Crippen molar-refractivity contribution in [3.63, 3.8) is 0 Å². The van der Waals surface area contributed by atoms with Gasteiger partial charge in [0.25, 0.3) is 0 Å². The van der Waals surface area contributed by atoms with Gasteiger partial charge in [0, 0.05) is 59.0 Å². The van der Waals surface area contributed by atoms with E-state index < -0.39 is 0 Å². The van der Waals surface area contributed by atoms with E-state index in [2.05, 4.69) is 92.3 Å². The summed E-state index contributed by atoms with van der Waals surface area (Å²) >= 11 is 0. The Kier molecular flexibility index (Phi) is 16.2. The zero-order valence-corrected chi connectivity index (χ0v) is 30.7. The lowest BCUT2D eigenvalue weighted by atomic mass is 9.27. The second-order valence-corrected chi connectivity index (χ2v) is 13.2. The molecule has 1 aliphatic rings. The molecule has 0 spiro atoms. The first-order chi connectivity index (χ1) is 22.5. The normalized spacial score (nSPS) is 12.7. The molecule has 47 heavy (non-hydrogen) atoms. The van der Waals surface area contributed by atoms with Crippen LogP contribution in [-0.2, 0) is 6.32 Å². The molecule has 1 saturated heterocycles. The summed E-state index contributed by atoms with van der Waals surface area (Å²) in [5.41, 5.74) is 10.3. The number of rotatable bonds is 8. The average molecular weight is 630 g/mol. The van der Waals surface area contributed by atoms with E-state index in [9.17, 15) is 4.79 Å². The van der Waals surface area contributed by atoms with Crippen LogP contribution in [0.5, 0.6) is 0 Å². The summed E-state index contributed by atoms with van der Waals surface area (Å²) in [7, 11) is 3.98. The number of aryl methyl sites for hydroxylation is 1. The van der Waals surface area contributed by atoms with E-state index in [1.165, 1.54) is 48.5 Å². The molecular formula is C41H57B2N3O. The second kappa shape index (κ2) is 19.5. The smallest absolute Gasteiger partial charge is 0.150 e. The number of carbonyl (C=O) groups excluding carboxylic acids is 1. The predicted molar refractivity (Wildman–Crippen MR) is 213 cm³/mol. The first-order valence-electron chi connectivity index (χ1n) is 17.3. The molecule has 0 aromatic heterocycles. The largest absolute Gasteiger partial charge is 0.388 e. The molecule has 0 atom stereocenters. The summed E-state index contributed by atoms with van der Waals surface area (Å²) < 4.78 is 0. The van der Waals surface area contributed by atoms with Gasteiger partial charge in [-0.1, -0.05) is 113 Å². The van der Waals surface area contributed by atoms with E-state index in [-0.39, 0.29) is 5.54 Å². The Bertz CT molecular complexity index is 1550. The molecule has 4 nitrogen and oxygen atoms in total. The van der Waals surface area contributed by atoms with Crippen LogP contribution in [0.25, 0.3) is 11.3 Å². The number of benzene rings is 3. The quantitative estimate of drug-likeness (QED) is 0.132. The molecule has 248 valence electrons. The number of aldehydes is 1. The molecule has 0 saturated carbocycles. The second-order valence-electron chi connectivity index (χ2n) is 13.2. The number of allylic oxidation sites excluding steroid dienone is 2. The lowest BCUT2D eigenvalue weighted by Crippen LogP contribution is -2.34. The number of anilines is 2. The van der Waals surface area contributed by atoms with Gasteiger partial charge < -0.3 is 16.0 Å². The Hall–Kier alpha value is -4.10. The molecule has 0 amide bonds. The minimum Gasteiger partial charge on any atom is -0.388 e. The molecule has 6 heteroatoms. The number of hydrogen-bond donors (Lipinski definition) is 3. The summed E-state index contributed by atoms with van der Waals surface area (Å²) in [6, 6.07) is 20.4. The molecule has 1 fully saturated rings. The van der Waals surface area contributed by atoms with Crippen molar-refractivity contribution in [2.45, 2.75) is 92.4 Å². The van der Waals surface area contributed by atoms with Gasteiger partial charge in [0.2, 0.25) is 0 Å². The fourth-order valence-corrected chi connectivity index (χ4v) is 5.77. The maximum atomic E-state index is 11.0. The van der Waals surface area contributed by atoms with Crippen LogP contribution in [0.2, 0.25) is 32.1 Å². The highest BCUT2D eigenvalue weighted by atomic mass is 16.1. The molecule has 3 aromatic rings. The SMILES string of the molecule is C=C(NC(C)(C)C)c1ccccc1/C(C#Cc1cc(C=O)ccc1C)=C\C.CC.CNc1ccc(CB2CCB(C)CC2)c(NC)c1. The van der Waals surface area contributed by atoms with Crippen molar-refractivity contribution in [2.75, 3.05) is 24.7 Å². The van der Waals surface area contributed by atoms with Gasteiger partial charge in [-0.25, -0.2) is 0 Å². The van der Waals surface area contributed by atoms with E-state index in [0.29, 0.717) is 5.56 Å². The van der Waals surface area contributed by atoms with Crippen LogP contribution in [0.15, 0.2) is 73.3 Å². The summed E-state index contributed by atoms with van der Waals surface area (Å²) in [6.45, 7) is 22.7. The number of hydrogen-bond acceptors (Lipinski definition) is 4. The van der Waals surface area contributed by atoms with Crippen molar-refractivity contribution in [1.82, 2.24) is 5.32 Å². The lowest BCUT2D eigenvalue weighted by molar-refractivity contribution is 0.112. The summed E-state index contributed by atoms with van der Waals surface area (Å²) in [5, 5.41) is 9.97. The molecule has 0 radical (unpaired) electrons. The van der Waals surface area contributed by atoms with Crippen molar-refractivity contribution in [3.05, 3.63) is 107 Å². The van der Waals surface area contributed by atoms with Crippen molar-refractivity contribution in [3.8, 4) is 11.8 Å². The Morgan fingerprint density at radius 3 is 2.17 bits per heavy atom. The molecule has 0 unspecified atom stereocenters. The third-order valence-corrected chi connectivity index (χ3v) is 8.40. The Balaban J connectivity index is 0.000000332. The van der Waals surface area contributed by atoms with Crippen LogP contribution >= 0.6 is 0 Å². The van der Waals surface area contributed by atoms with E-state index in [0.717, 1.165) is 53.2 Å². The van der Waals surface area contributed by atoms with Crippen LogP contribution in [0.1, 0.15) is 79.7 Å². The van der Waals surface area contributed by atoms with Crippen LogP contribution in [0, 0.1) is 18.8 Å². The zero-order valence-electron chi connectivity index (χ0n) is 30.7. The first kappa shape index (κ1) is 39.1. The van der Waals surface area contributed by atoms with Gasteiger partial charge in [-0.3, -0.25) is 4.79 Å². The molecule has 1 aliphatic heterocycles. The van der Waals surface area contributed by atoms with E-state index in [4.69, 9.17) is 0 Å². The van der Waals surface area contributed by atoms with Crippen LogP contribution in [0.4, 0.5) is 11.4 Å². The first-order valence-corrected chi connectivity index (χ1v) is 17.3. The molecular weight excluding hydrogens is 572 g/mol. The van der Waals surface area contributed by atoms with E-state index in [1.54, 1.807) is 0 Å². The van der Waals surface area contributed by atoms with Gasteiger partial charge in [-0.05, 0) is 75.8 Å². The monoisotopic (exact) mass is 629 g/mol. The highest BCUT2D eigenvalue weighted by molar-refractivity contribution is 6.68. The summed E-state index contributed by atoms with van der Waals surface area (Å²) in [6.07, 6.45) is 9.71. The molecule has 4 rings (SSSR count). The predicted octanol–water partition coefficient (Wildman–Crippen LogP) is 10.1. The van der Waals surface area contributed by atoms with Gasteiger partial charge in [0.1, 0.15) is 19.7 Å². The molecule has 0 aliphatic carbocycles. The highest BCUT2D eigenvalue weighted by Crippen LogP contribution is 2.28. The minimum atomic E-state index is -0.0711. The molecule has 3 N–H and O–H groups in total. The van der Waals surface area contributed by atoms with Crippen molar-refractivity contribution in [1.29, 1.82) is 0 Å². The summed E-state index contributed by atoms with van der Waals surface area (Å²) in [5.74, 6) is 6.50. The molecule has 3 aromatic carbocycles. The van der Waals surface area contributed by atoms with Crippen molar-refractivity contribution >= 4 is 42.4 Å². The topological polar surface area (TPSA) is 53.2 Å². The summed E-state index contributed by atoms with van der Waals surface area (Å²) in [4.78, 5) is 11.0. The maximum absolute atomic E-state index is 11.0. The average Bonchev–Trinajstić information content (AvgIpc) is 3.07. The fourth-order valence-electron chi connectivity index (χ4n) is 5.77.